The lowest BCUT2D eigenvalue weighted by Crippen LogP contribution is -2.43. The Morgan fingerprint density at radius 2 is 1.67 bits per heavy atom. The van der Waals surface area contributed by atoms with E-state index in [0.29, 0.717) is 0 Å². The fraction of sp³-hybridized carbons (Fsp3) is 0.381. The number of piperidine rings is 1. The lowest BCUT2D eigenvalue weighted by atomic mass is 9.96. The van der Waals surface area contributed by atoms with Gasteiger partial charge in [0.2, 0.25) is 5.91 Å². The molecule has 0 saturated carbocycles. The van der Waals surface area contributed by atoms with E-state index in [-0.39, 0.29) is 11.8 Å². The highest BCUT2D eigenvalue weighted by molar-refractivity contribution is 5.78. The molecule has 3 heteroatoms. The second-order valence-electron chi connectivity index (χ2n) is 6.59. The van der Waals surface area contributed by atoms with E-state index in [1.807, 2.05) is 24.3 Å². The molecule has 3 nitrogen and oxygen atoms in total. The van der Waals surface area contributed by atoms with Crippen LogP contribution in [-0.2, 0) is 17.8 Å². The van der Waals surface area contributed by atoms with E-state index < -0.39 is 0 Å². The highest BCUT2D eigenvalue weighted by atomic mass is 16.1. The Morgan fingerprint density at radius 1 is 1.00 bits per heavy atom. The molecule has 0 bridgehead atoms. The summed E-state index contributed by atoms with van der Waals surface area (Å²) in [6, 6.07) is 20.8. The first-order chi connectivity index (χ1) is 11.8. The van der Waals surface area contributed by atoms with Gasteiger partial charge in [-0.2, -0.15) is 0 Å². The normalized spacial score (nSPS) is 18.2. The maximum absolute atomic E-state index is 12.4. The van der Waals surface area contributed by atoms with Crippen molar-refractivity contribution in [1.29, 1.82) is 0 Å². The number of rotatable bonds is 6. The Hall–Kier alpha value is -2.13. The minimum absolute atomic E-state index is 0.123. The van der Waals surface area contributed by atoms with Crippen LogP contribution in [0.5, 0.6) is 0 Å². The molecule has 0 unspecified atom stereocenters. The van der Waals surface area contributed by atoms with Crippen molar-refractivity contribution in [3.05, 3.63) is 71.8 Å². The monoisotopic (exact) mass is 322 g/mol. The molecule has 1 N–H and O–H groups in total. The van der Waals surface area contributed by atoms with E-state index in [1.54, 1.807) is 0 Å². The highest BCUT2D eigenvalue weighted by Crippen LogP contribution is 2.18. The van der Waals surface area contributed by atoms with Crippen molar-refractivity contribution in [3.63, 3.8) is 0 Å². The first-order valence-electron chi connectivity index (χ1n) is 8.89. The van der Waals surface area contributed by atoms with Crippen LogP contribution in [0.4, 0.5) is 0 Å². The van der Waals surface area contributed by atoms with Crippen molar-refractivity contribution in [2.45, 2.75) is 25.8 Å². The predicted molar refractivity (Wildman–Crippen MR) is 97.6 cm³/mol. The van der Waals surface area contributed by atoms with Gasteiger partial charge >= 0.3 is 0 Å². The van der Waals surface area contributed by atoms with Crippen LogP contribution in [0, 0.1) is 5.92 Å². The standard InChI is InChI=1S/C21H26N2O/c24-21(22-14-13-18-8-3-1-4-9-18)20-12-7-15-23(17-20)16-19-10-5-2-6-11-19/h1-6,8-11,20H,7,12-17H2,(H,22,24)/t20-/m0/s1. The van der Waals surface area contributed by atoms with Gasteiger partial charge in [0, 0.05) is 19.6 Å². The topological polar surface area (TPSA) is 32.3 Å². The van der Waals surface area contributed by atoms with Crippen molar-refractivity contribution >= 4 is 5.91 Å². The second-order valence-corrected chi connectivity index (χ2v) is 6.59. The molecule has 1 heterocycles. The first kappa shape index (κ1) is 16.7. The predicted octanol–water partition coefficient (Wildman–Crippen LogP) is 3.26. The van der Waals surface area contributed by atoms with Crippen molar-refractivity contribution in [3.8, 4) is 0 Å². The number of nitrogens with one attached hydrogen (secondary N) is 1. The fourth-order valence-corrected chi connectivity index (χ4v) is 3.37. The van der Waals surface area contributed by atoms with Gasteiger partial charge in [0.1, 0.15) is 0 Å². The molecule has 0 aromatic heterocycles. The summed E-state index contributed by atoms with van der Waals surface area (Å²) in [4.78, 5) is 14.9. The molecule has 2 aromatic carbocycles. The third-order valence-corrected chi connectivity index (χ3v) is 4.68. The van der Waals surface area contributed by atoms with Crippen LogP contribution in [0.2, 0.25) is 0 Å². The maximum Gasteiger partial charge on any atom is 0.224 e. The number of carbonyl (C=O) groups is 1. The zero-order valence-electron chi connectivity index (χ0n) is 14.2. The van der Waals surface area contributed by atoms with Crippen molar-refractivity contribution in [2.24, 2.45) is 5.92 Å². The summed E-state index contributed by atoms with van der Waals surface area (Å²) in [5, 5.41) is 3.12. The molecule has 0 radical (unpaired) electrons. The minimum atomic E-state index is 0.123. The van der Waals surface area contributed by atoms with Gasteiger partial charge in [-0.05, 0) is 36.9 Å². The van der Waals surface area contributed by atoms with E-state index >= 15 is 0 Å². The Labute approximate surface area is 144 Å². The summed E-state index contributed by atoms with van der Waals surface area (Å²) in [6.45, 7) is 3.61. The van der Waals surface area contributed by atoms with Gasteiger partial charge in [-0.3, -0.25) is 9.69 Å². The molecule has 1 saturated heterocycles. The van der Waals surface area contributed by atoms with Crippen molar-refractivity contribution in [2.75, 3.05) is 19.6 Å². The zero-order valence-corrected chi connectivity index (χ0v) is 14.2. The molecule has 3 rings (SSSR count). The largest absolute Gasteiger partial charge is 0.355 e. The minimum Gasteiger partial charge on any atom is -0.355 e. The number of carbonyl (C=O) groups excluding carboxylic acids is 1. The van der Waals surface area contributed by atoms with Gasteiger partial charge < -0.3 is 5.32 Å². The molecule has 2 aromatic rings. The Kier molecular flexibility index (Phi) is 6.02. The fourth-order valence-electron chi connectivity index (χ4n) is 3.37. The number of hydrogen-bond donors (Lipinski definition) is 1. The average molecular weight is 322 g/mol. The smallest absolute Gasteiger partial charge is 0.224 e. The van der Waals surface area contributed by atoms with Crippen LogP contribution in [0.25, 0.3) is 0 Å². The molecule has 24 heavy (non-hydrogen) atoms. The van der Waals surface area contributed by atoms with Crippen LogP contribution in [0.15, 0.2) is 60.7 Å². The van der Waals surface area contributed by atoms with Gasteiger partial charge in [0.05, 0.1) is 5.92 Å². The third kappa shape index (κ3) is 4.93. The van der Waals surface area contributed by atoms with E-state index in [4.69, 9.17) is 0 Å². The van der Waals surface area contributed by atoms with Crippen LogP contribution < -0.4 is 5.32 Å². The van der Waals surface area contributed by atoms with Crippen LogP contribution in [0.1, 0.15) is 24.0 Å². The molecule has 126 valence electrons. The lowest BCUT2D eigenvalue weighted by molar-refractivity contribution is -0.126. The number of amides is 1. The number of benzene rings is 2. The molecule has 0 aliphatic carbocycles. The number of likely N-dealkylation sites (tertiary alicyclic amines) is 1. The Balaban J connectivity index is 1.44. The second kappa shape index (κ2) is 8.65. The van der Waals surface area contributed by atoms with Gasteiger partial charge in [0.15, 0.2) is 0 Å². The van der Waals surface area contributed by atoms with Crippen molar-refractivity contribution in [1.82, 2.24) is 10.2 Å². The maximum atomic E-state index is 12.4. The van der Waals surface area contributed by atoms with Gasteiger partial charge in [0.25, 0.3) is 0 Å². The lowest BCUT2D eigenvalue weighted by Gasteiger charge is -2.32. The van der Waals surface area contributed by atoms with E-state index in [9.17, 15) is 4.79 Å². The molecule has 1 amide bonds. The summed E-state index contributed by atoms with van der Waals surface area (Å²) in [5.74, 6) is 0.335. The molecular weight excluding hydrogens is 296 g/mol. The summed E-state index contributed by atoms with van der Waals surface area (Å²) < 4.78 is 0. The Bertz CT molecular complexity index is 627. The van der Waals surface area contributed by atoms with Crippen LogP contribution >= 0.6 is 0 Å². The molecule has 1 aliphatic heterocycles. The molecule has 1 atom stereocenters. The number of nitrogens with zero attached hydrogens (tertiary/aromatic N) is 1. The van der Waals surface area contributed by atoms with E-state index in [0.717, 1.165) is 45.4 Å². The van der Waals surface area contributed by atoms with Gasteiger partial charge in [-0.1, -0.05) is 60.7 Å². The van der Waals surface area contributed by atoms with Crippen molar-refractivity contribution < 1.29 is 4.79 Å². The summed E-state index contributed by atoms with van der Waals surface area (Å²) >= 11 is 0. The quantitative estimate of drug-likeness (QED) is 0.885. The molecule has 1 aliphatic rings. The van der Waals surface area contributed by atoms with Crippen LogP contribution in [-0.4, -0.2) is 30.4 Å². The SMILES string of the molecule is O=C(NCCc1ccccc1)[C@H]1CCCN(Cc2ccccc2)C1. The Morgan fingerprint density at radius 3 is 2.38 bits per heavy atom. The van der Waals surface area contributed by atoms with Gasteiger partial charge in [-0.15, -0.1) is 0 Å². The summed E-state index contributed by atoms with van der Waals surface area (Å²) in [7, 11) is 0. The highest BCUT2D eigenvalue weighted by Gasteiger charge is 2.25. The summed E-state index contributed by atoms with van der Waals surface area (Å²) in [5.41, 5.74) is 2.59. The molecular formula is C21H26N2O. The third-order valence-electron chi connectivity index (χ3n) is 4.68. The molecule has 0 spiro atoms. The zero-order chi connectivity index (χ0) is 16.6. The number of hydrogen-bond acceptors (Lipinski definition) is 2. The average Bonchev–Trinajstić information content (AvgIpc) is 2.64. The van der Waals surface area contributed by atoms with E-state index in [1.165, 1.54) is 11.1 Å². The van der Waals surface area contributed by atoms with Gasteiger partial charge in [-0.25, -0.2) is 0 Å². The first-order valence-corrected chi connectivity index (χ1v) is 8.89. The summed E-state index contributed by atoms with van der Waals surface area (Å²) in [6.07, 6.45) is 3.00. The van der Waals surface area contributed by atoms with Crippen LogP contribution in [0.3, 0.4) is 0 Å². The van der Waals surface area contributed by atoms with E-state index in [2.05, 4.69) is 46.6 Å². The molecule has 1 fully saturated rings.